The molecule has 0 aliphatic heterocycles. The first-order valence-corrected chi connectivity index (χ1v) is 10.8. The second-order valence-corrected chi connectivity index (χ2v) is 8.52. The summed E-state index contributed by atoms with van der Waals surface area (Å²) in [5, 5.41) is 9.42. The molecule has 1 unspecified atom stereocenters. The smallest absolute Gasteiger partial charge is 0.307 e. The van der Waals surface area contributed by atoms with Gasteiger partial charge < -0.3 is 14.6 Å². The summed E-state index contributed by atoms with van der Waals surface area (Å²) in [6.07, 6.45) is 0.794. The predicted octanol–water partition coefficient (Wildman–Crippen LogP) is 3.05. The fourth-order valence-corrected chi connectivity index (χ4v) is 4.37. The summed E-state index contributed by atoms with van der Waals surface area (Å²) in [5.41, 5.74) is 0.934. The van der Waals surface area contributed by atoms with E-state index >= 15 is 0 Å². The van der Waals surface area contributed by atoms with E-state index in [0.717, 1.165) is 5.56 Å². The largest absolute Gasteiger partial charge is 0.497 e. The minimum absolute atomic E-state index is 0.0870. The van der Waals surface area contributed by atoms with Crippen LogP contribution in [-0.4, -0.2) is 51.1 Å². The van der Waals surface area contributed by atoms with E-state index in [2.05, 4.69) is 0 Å². The average molecular weight is 422 g/mol. The number of hydrogen-bond acceptors (Lipinski definition) is 5. The van der Waals surface area contributed by atoms with E-state index < -0.39 is 21.9 Å². The quantitative estimate of drug-likeness (QED) is 0.599. The highest BCUT2D eigenvalue weighted by atomic mass is 32.2. The van der Waals surface area contributed by atoms with Crippen molar-refractivity contribution in [1.82, 2.24) is 4.31 Å². The summed E-state index contributed by atoms with van der Waals surface area (Å²) in [7, 11) is -0.776. The molecule has 0 bridgehead atoms. The van der Waals surface area contributed by atoms with Crippen molar-refractivity contribution in [2.75, 3.05) is 27.3 Å². The maximum Gasteiger partial charge on any atom is 0.307 e. The molecule has 8 heteroatoms. The normalized spacial score (nSPS) is 12.6. The molecule has 29 heavy (non-hydrogen) atoms. The molecule has 0 fully saturated rings. The Bertz CT molecular complexity index is 894. The van der Waals surface area contributed by atoms with E-state index in [1.807, 2.05) is 24.3 Å². The van der Waals surface area contributed by atoms with Gasteiger partial charge in [0.1, 0.15) is 11.5 Å². The number of aliphatic carboxylic acids is 1. The van der Waals surface area contributed by atoms with Crippen molar-refractivity contribution >= 4 is 16.0 Å². The van der Waals surface area contributed by atoms with Gasteiger partial charge in [-0.1, -0.05) is 19.1 Å². The van der Waals surface area contributed by atoms with Gasteiger partial charge >= 0.3 is 5.97 Å². The van der Waals surface area contributed by atoms with Crippen molar-refractivity contribution in [2.45, 2.75) is 24.7 Å². The molecule has 2 aromatic carbocycles. The summed E-state index contributed by atoms with van der Waals surface area (Å²) < 4.78 is 37.9. The molecule has 158 valence electrons. The second kappa shape index (κ2) is 10.3. The molecule has 0 saturated heterocycles. The van der Waals surface area contributed by atoms with E-state index in [9.17, 15) is 18.3 Å². The standard InChI is InChI=1S/C21H27NO6S/c1-4-17(21(23)24)15-22(14-13-16-5-7-18(27-2)8-6-16)29(25,26)20-11-9-19(28-3)10-12-20/h5-12,17H,4,13-15H2,1-3H3,(H,23,24). The van der Waals surface area contributed by atoms with Crippen LogP contribution < -0.4 is 9.47 Å². The number of carbonyl (C=O) groups is 1. The van der Waals surface area contributed by atoms with Crippen LogP contribution in [0, 0.1) is 5.92 Å². The zero-order valence-electron chi connectivity index (χ0n) is 16.9. The minimum atomic E-state index is -3.86. The van der Waals surface area contributed by atoms with Crippen molar-refractivity contribution in [2.24, 2.45) is 5.92 Å². The molecule has 2 aromatic rings. The van der Waals surface area contributed by atoms with Crippen LogP contribution in [0.1, 0.15) is 18.9 Å². The van der Waals surface area contributed by atoms with Crippen LogP contribution in [0.2, 0.25) is 0 Å². The molecule has 0 amide bonds. The maximum atomic E-state index is 13.2. The minimum Gasteiger partial charge on any atom is -0.497 e. The summed E-state index contributed by atoms with van der Waals surface area (Å²) in [6.45, 7) is 1.82. The number of methoxy groups -OCH3 is 2. The fraction of sp³-hybridized carbons (Fsp3) is 0.381. The van der Waals surface area contributed by atoms with Crippen LogP contribution in [0.15, 0.2) is 53.4 Å². The van der Waals surface area contributed by atoms with Crippen LogP contribution in [0.5, 0.6) is 11.5 Å². The Morgan fingerprint density at radius 1 is 1.00 bits per heavy atom. The molecule has 0 aliphatic rings. The second-order valence-electron chi connectivity index (χ2n) is 6.58. The summed E-state index contributed by atoms with van der Waals surface area (Å²) in [4.78, 5) is 11.6. The van der Waals surface area contributed by atoms with E-state index in [1.54, 1.807) is 26.2 Å². The topological polar surface area (TPSA) is 93.1 Å². The molecule has 2 rings (SSSR count). The van der Waals surface area contributed by atoms with Gasteiger partial charge in [-0.15, -0.1) is 0 Å². The van der Waals surface area contributed by atoms with Crippen LogP contribution in [0.3, 0.4) is 0 Å². The molecule has 7 nitrogen and oxygen atoms in total. The highest BCUT2D eigenvalue weighted by molar-refractivity contribution is 7.89. The fourth-order valence-electron chi connectivity index (χ4n) is 2.88. The molecule has 1 atom stereocenters. The molecule has 0 spiro atoms. The molecule has 0 radical (unpaired) electrons. The number of nitrogens with zero attached hydrogens (tertiary/aromatic N) is 1. The summed E-state index contributed by atoms with van der Waals surface area (Å²) >= 11 is 0. The number of carboxylic acids is 1. The lowest BCUT2D eigenvalue weighted by molar-refractivity contribution is -0.142. The van der Waals surface area contributed by atoms with Gasteiger partial charge in [-0.2, -0.15) is 4.31 Å². The SMILES string of the molecule is CCC(CN(CCc1ccc(OC)cc1)S(=O)(=O)c1ccc(OC)cc1)C(=O)O. The molecular weight excluding hydrogens is 394 g/mol. The van der Waals surface area contributed by atoms with Gasteiger partial charge in [-0.25, -0.2) is 8.42 Å². The van der Waals surface area contributed by atoms with Crippen molar-refractivity contribution < 1.29 is 27.8 Å². The van der Waals surface area contributed by atoms with Crippen LogP contribution >= 0.6 is 0 Å². The molecule has 0 aromatic heterocycles. The van der Waals surface area contributed by atoms with Crippen LogP contribution in [0.25, 0.3) is 0 Å². The van der Waals surface area contributed by atoms with Crippen molar-refractivity contribution in [1.29, 1.82) is 0 Å². The van der Waals surface area contributed by atoms with Crippen LogP contribution in [0.4, 0.5) is 0 Å². The highest BCUT2D eigenvalue weighted by Gasteiger charge is 2.29. The lowest BCUT2D eigenvalue weighted by Crippen LogP contribution is -2.39. The molecule has 0 saturated carbocycles. The molecular formula is C21H27NO6S. The first-order chi connectivity index (χ1) is 13.8. The van der Waals surface area contributed by atoms with Crippen molar-refractivity contribution in [3.63, 3.8) is 0 Å². The molecule has 0 aliphatic carbocycles. The molecule has 0 heterocycles. The third-order valence-electron chi connectivity index (χ3n) is 4.77. The maximum absolute atomic E-state index is 13.2. The number of benzene rings is 2. The summed E-state index contributed by atoms with van der Waals surface area (Å²) in [5.74, 6) is -0.523. The van der Waals surface area contributed by atoms with E-state index in [-0.39, 0.29) is 18.0 Å². The third kappa shape index (κ3) is 5.95. The van der Waals surface area contributed by atoms with Crippen LogP contribution in [-0.2, 0) is 21.2 Å². The number of hydrogen-bond donors (Lipinski definition) is 1. The molecule has 1 N–H and O–H groups in total. The lowest BCUT2D eigenvalue weighted by Gasteiger charge is -2.25. The zero-order chi connectivity index (χ0) is 21.4. The third-order valence-corrected chi connectivity index (χ3v) is 6.65. The van der Waals surface area contributed by atoms with Gasteiger partial charge in [-0.3, -0.25) is 4.79 Å². The Kier molecular flexibility index (Phi) is 8.04. The number of sulfonamides is 1. The van der Waals surface area contributed by atoms with Crippen molar-refractivity contribution in [3.05, 3.63) is 54.1 Å². The van der Waals surface area contributed by atoms with Gasteiger partial charge in [0.05, 0.1) is 25.0 Å². The number of rotatable bonds is 11. The number of carboxylic acid groups (broad SMARTS) is 1. The van der Waals surface area contributed by atoms with E-state index in [0.29, 0.717) is 24.3 Å². The van der Waals surface area contributed by atoms with Gasteiger partial charge in [0.15, 0.2) is 0 Å². The first kappa shape index (κ1) is 22.7. The summed E-state index contributed by atoms with van der Waals surface area (Å²) in [6, 6.07) is 13.4. The van der Waals surface area contributed by atoms with Gasteiger partial charge in [0.25, 0.3) is 0 Å². The average Bonchev–Trinajstić information content (AvgIpc) is 2.73. The first-order valence-electron chi connectivity index (χ1n) is 9.31. The van der Waals surface area contributed by atoms with E-state index in [4.69, 9.17) is 9.47 Å². The number of ether oxygens (including phenoxy) is 2. The van der Waals surface area contributed by atoms with E-state index in [1.165, 1.54) is 23.5 Å². The Labute approximate surface area is 171 Å². The predicted molar refractivity (Wildman–Crippen MR) is 110 cm³/mol. The highest BCUT2D eigenvalue weighted by Crippen LogP contribution is 2.22. The Morgan fingerprint density at radius 3 is 1.97 bits per heavy atom. The van der Waals surface area contributed by atoms with Gasteiger partial charge in [-0.05, 0) is 54.8 Å². The Hall–Kier alpha value is -2.58. The van der Waals surface area contributed by atoms with Gasteiger partial charge in [0.2, 0.25) is 10.0 Å². The Balaban J connectivity index is 2.27. The van der Waals surface area contributed by atoms with Crippen molar-refractivity contribution in [3.8, 4) is 11.5 Å². The monoisotopic (exact) mass is 421 g/mol. The van der Waals surface area contributed by atoms with Gasteiger partial charge in [0, 0.05) is 13.1 Å². The zero-order valence-corrected chi connectivity index (χ0v) is 17.7. The Morgan fingerprint density at radius 2 is 1.52 bits per heavy atom. The lowest BCUT2D eigenvalue weighted by atomic mass is 10.1.